The number of amides is 1. The number of hydrogen-bond acceptors (Lipinski definition) is 2. The summed E-state index contributed by atoms with van der Waals surface area (Å²) in [7, 11) is 0. The van der Waals surface area contributed by atoms with Gasteiger partial charge >= 0.3 is 6.09 Å². The van der Waals surface area contributed by atoms with Crippen molar-refractivity contribution in [2.45, 2.75) is 0 Å². The third-order valence-electron chi connectivity index (χ3n) is 0.674. The summed E-state index contributed by atoms with van der Waals surface area (Å²) in [5, 5.41) is 10.2. The maximum Gasteiger partial charge on any atom is 0.404 e. The predicted molar refractivity (Wildman–Crippen MR) is 34.2 cm³/mol. The fraction of sp³-hybridized carbons (Fsp3) is 0.400. The molecule has 0 bridgehead atoms. The van der Waals surface area contributed by atoms with Crippen LogP contribution >= 0.6 is 0 Å². The lowest BCUT2D eigenvalue weighted by atomic mass is 10.5. The molecule has 1 amide bonds. The Balaban J connectivity index is 3.09. The van der Waals surface area contributed by atoms with Crippen molar-refractivity contribution in [3.05, 3.63) is 12.2 Å². The zero-order valence-corrected chi connectivity index (χ0v) is 5.00. The monoisotopic (exact) mass is 130 g/mol. The zero-order valence-electron chi connectivity index (χ0n) is 5.00. The topological polar surface area (TPSA) is 75.3 Å². The van der Waals surface area contributed by atoms with Crippen molar-refractivity contribution in [3.8, 4) is 0 Å². The number of rotatable bonds is 3. The summed E-state index contributed by atoms with van der Waals surface area (Å²) in [6.07, 6.45) is 2.33. The molecule has 0 aliphatic heterocycles. The molecule has 0 saturated heterocycles. The lowest BCUT2D eigenvalue weighted by Crippen LogP contribution is -2.20. The quantitative estimate of drug-likeness (QED) is 0.462. The highest BCUT2D eigenvalue weighted by molar-refractivity contribution is 5.64. The summed E-state index contributed by atoms with van der Waals surface area (Å²) >= 11 is 0. The largest absolute Gasteiger partial charge is 0.465 e. The normalized spacial score (nSPS) is 9.89. The van der Waals surface area contributed by atoms with Gasteiger partial charge in [-0.3, -0.25) is 0 Å². The SMILES string of the molecule is NC/C=C/CNC(=O)O. The van der Waals surface area contributed by atoms with E-state index in [0.717, 1.165) is 0 Å². The average molecular weight is 130 g/mol. The first kappa shape index (κ1) is 7.97. The van der Waals surface area contributed by atoms with Gasteiger partial charge in [0.2, 0.25) is 0 Å². The fourth-order valence-electron chi connectivity index (χ4n) is 0.326. The Kier molecular flexibility index (Phi) is 4.53. The van der Waals surface area contributed by atoms with E-state index in [1.165, 1.54) is 0 Å². The summed E-state index contributed by atoms with van der Waals surface area (Å²) in [4.78, 5) is 9.79. The molecule has 4 heteroatoms. The van der Waals surface area contributed by atoms with E-state index in [9.17, 15) is 4.79 Å². The molecule has 0 aromatic carbocycles. The molecule has 0 spiro atoms. The Morgan fingerprint density at radius 2 is 2.33 bits per heavy atom. The van der Waals surface area contributed by atoms with E-state index in [0.29, 0.717) is 13.1 Å². The van der Waals surface area contributed by atoms with E-state index in [-0.39, 0.29) is 0 Å². The fourth-order valence-corrected chi connectivity index (χ4v) is 0.326. The third-order valence-corrected chi connectivity index (χ3v) is 0.674. The van der Waals surface area contributed by atoms with Gasteiger partial charge < -0.3 is 16.2 Å². The maximum atomic E-state index is 9.79. The Morgan fingerprint density at radius 1 is 1.67 bits per heavy atom. The summed E-state index contributed by atoms with van der Waals surface area (Å²) in [5.74, 6) is 0. The molecule has 0 atom stereocenters. The van der Waals surface area contributed by atoms with Crippen molar-refractivity contribution < 1.29 is 9.90 Å². The number of nitrogens with two attached hydrogens (primary N) is 1. The Labute approximate surface area is 53.4 Å². The van der Waals surface area contributed by atoms with Crippen molar-refractivity contribution in [1.29, 1.82) is 0 Å². The minimum Gasteiger partial charge on any atom is -0.465 e. The molecule has 0 heterocycles. The van der Waals surface area contributed by atoms with Crippen LogP contribution in [-0.2, 0) is 0 Å². The molecule has 0 aliphatic carbocycles. The zero-order chi connectivity index (χ0) is 7.11. The molecule has 0 unspecified atom stereocenters. The number of hydrogen-bond donors (Lipinski definition) is 3. The second-order valence-corrected chi connectivity index (χ2v) is 1.39. The third kappa shape index (κ3) is 6.97. The van der Waals surface area contributed by atoms with Crippen LogP contribution < -0.4 is 11.1 Å². The van der Waals surface area contributed by atoms with E-state index in [1.807, 2.05) is 0 Å². The Morgan fingerprint density at radius 3 is 2.78 bits per heavy atom. The highest BCUT2D eigenvalue weighted by Crippen LogP contribution is 1.66. The number of nitrogens with one attached hydrogen (secondary N) is 1. The molecule has 0 saturated carbocycles. The van der Waals surface area contributed by atoms with Gasteiger partial charge in [-0.2, -0.15) is 0 Å². The summed E-state index contributed by atoms with van der Waals surface area (Å²) in [5.41, 5.74) is 5.08. The van der Waals surface area contributed by atoms with Gasteiger partial charge in [-0.25, -0.2) is 4.79 Å². The van der Waals surface area contributed by atoms with Crippen LogP contribution in [0.15, 0.2) is 12.2 Å². The average Bonchev–Trinajstić information content (AvgIpc) is 1.80. The van der Waals surface area contributed by atoms with E-state index in [1.54, 1.807) is 12.2 Å². The molecule has 0 fully saturated rings. The minimum absolute atomic E-state index is 0.326. The summed E-state index contributed by atoms with van der Waals surface area (Å²) in [6.45, 7) is 0.772. The van der Waals surface area contributed by atoms with Gasteiger partial charge in [0, 0.05) is 13.1 Å². The van der Waals surface area contributed by atoms with E-state index in [4.69, 9.17) is 10.8 Å². The minimum atomic E-state index is -1.02. The molecular weight excluding hydrogens is 120 g/mol. The van der Waals surface area contributed by atoms with Crippen molar-refractivity contribution in [2.75, 3.05) is 13.1 Å². The lowest BCUT2D eigenvalue weighted by molar-refractivity contribution is 0.195. The molecule has 0 rings (SSSR count). The second kappa shape index (κ2) is 5.11. The molecule has 4 nitrogen and oxygen atoms in total. The van der Waals surface area contributed by atoms with Crippen molar-refractivity contribution in [1.82, 2.24) is 5.32 Å². The molecule has 0 aliphatic rings. The highest BCUT2D eigenvalue weighted by atomic mass is 16.4. The lowest BCUT2D eigenvalue weighted by Gasteiger charge is -1.90. The molecule has 0 aromatic heterocycles. The summed E-state index contributed by atoms with van der Waals surface area (Å²) in [6, 6.07) is 0. The van der Waals surface area contributed by atoms with Crippen LogP contribution in [0.5, 0.6) is 0 Å². The van der Waals surface area contributed by atoms with Crippen molar-refractivity contribution in [2.24, 2.45) is 5.73 Å². The summed E-state index contributed by atoms with van der Waals surface area (Å²) < 4.78 is 0. The van der Waals surface area contributed by atoms with Crippen LogP contribution in [0.4, 0.5) is 4.79 Å². The smallest absolute Gasteiger partial charge is 0.404 e. The molecule has 9 heavy (non-hydrogen) atoms. The van der Waals surface area contributed by atoms with Gasteiger partial charge in [0.1, 0.15) is 0 Å². The maximum absolute atomic E-state index is 9.79. The first-order chi connectivity index (χ1) is 4.27. The van der Waals surface area contributed by atoms with Crippen LogP contribution in [0.1, 0.15) is 0 Å². The van der Waals surface area contributed by atoms with Crippen LogP contribution in [-0.4, -0.2) is 24.3 Å². The van der Waals surface area contributed by atoms with Gasteiger partial charge in [-0.15, -0.1) is 0 Å². The second-order valence-electron chi connectivity index (χ2n) is 1.39. The van der Waals surface area contributed by atoms with Gasteiger partial charge in [0.05, 0.1) is 0 Å². The van der Waals surface area contributed by atoms with Gasteiger partial charge in [0.15, 0.2) is 0 Å². The first-order valence-electron chi connectivity index (χ1n) is 2.59. The predicted octanol–water partition coefficient (Wildman–Crippen LogP) is -0.231. The van der Waals surface area contributed by atoms with Crippen molar-refractivity contribution >= 4 is 6.09 Å². The number of carboxylic acid groups (broad SMARTS) is 1. The molecule has 0 radical (unpaired) electrons. The Hall–Kier alpha value is -1.03. The highest BCUT2D eigenvalue weighted by Gasteiger charge is 1.85. The molecule has 0 aromatic rings. The van der Waals surface area contributed by atoms with Gasteiger partial charge in [0.25, 0.3) is 0 Å². The van der Waals surface area contributed by atoms with Crippen molar-refractivity contribution in [3.63, 3.8) is 0 Å². The van der Waals surface area contributed by atoms with Crippen LogP contribution in [0.25, 0.3) is 0 Å². The standard InChI is InChI=1S/C5H10N2O2/c6-3-1-2-4-7-5(8)9/h1-2,7H,3-4,6H2,(H,8,9)/b2-1+. The van der Waals surface area contributed by atoms with E-state index >= 15 is 0 Å². The van der Waals surface area contributed by atoms with Gasteiger partial charge in [-0.05, 0) is 0 Å². The molecule has 52 valence electrons. The van der Waals surface area contributed by atoms with Crippen LogP contribution in [0, 0.1) is 0 Å². The Bertz CT molecular complexity index is 112. The van der Waals surface area contributed by atoms with Gasteiger partial charge in [-0.1, -0.05) is 12.2 Å². The van der Waals surface area contributed by atoms with E-state index < -0.39 is 6.09 Å². The first-order valence-corrected chi connectivity index (χ1v) is 2.59. The molecular formula is C5H10N2O2. The van der Waals surface area contributed by atoms with Crippen LogP contribution in [0.2, 0.25) is 0 Å². The molecule has 4 N–H and O–H groups in total. The number of carbonyl (C=O) groups is 1. The van der Waals surface area contributed by atoms with E-state index in [2.05, 4.69) is 5.32 Å². The van der Waals surface area contributed by atoms with Crippen LogP contribution in [0.3, 0.4) is 0 Å².